The predicted molar refractivity (Wildman–Crippen MR) is 227 cm³/mol. The van der Waals surface area contributed by atoms with Crippen molar-refractivity contribution in [2.75, 3.05) is 9.80 Å². The number of aryl methyl sites for hydroxylation is 1. The molecule has 0 spiro atoms. The van der Waals surface area contributed by atoms with Gasteiger partial charge in [-0.05, 0) is 146 Å². The number of fused-ring (bicyclic) bond motifs is 2. The van der Waals surface area contributed by atoms with Crippen molar-refractivity contribution in [3.63, 3.8) is 0 Å². The first-order valence-electron chi connectivity index (χ1n) is 19.2. The highest BCUT2D eigenvalue weighted by Gasteiger charge is 2.19. The lowest BCUT2D eigenvalue weighted by Gasteiger charge is -2.28. The number of para-hydroxylation sites is 3. The van der Waals surface area contributed by atoms with Gasteiger partial charge in [0.25, 0.3) is 0 Å². The Balaban J connectivity index is 0.917. The monoisotopic (exact) mass is 726 g/mol. The van der Waals surface area contributed by atoms with E-state index in [1.54, 1.807) is 0 Å². The molecule has 270 valence electrons. The van der Waals surface area contributed by atoms with Crippen LogP contribution >= 0.6 is 0 Å². The van der Waals surface area contributed by atoms with Gasteiger partial charge < -0.3 is 18.6 Å². The summed E-state index contributed by atoms with van der Waals surface area (Å²) >= 11 is 0. The average molecular weight is 727 g/mol. The highest BCUT2D eigenvalue weighted by molar-refractivity contribution is 5.81. The third kappa shape index (κ3) is 6.52. The Morgan fingerprint density at radius 3 is 1.55 bits per heavy atom. The molecule has 6 aromatic carbocycles. The van der Waals surface area contributed by atoms with Crippen LogP contribution in [0.3, 0.4) is 0 Å². The Bertz CT molecular complexity index is 2690. The van der Waals surface area contributed by atoms with Crippen molar-refractivity contribution in [3.05, 3.63) is 193 Å². The van der Waals surface area contributed by atoms with Crippen LogP contribution in [0.15, 0.2) is 190 Å². The molecule has 56 heavy (non-hydrogen) atoms. The zero-order valence-corrected chi connectivity index (χ0v) is 30.8. The van der Waals surface area contributed by atoms with Crippen molar-refractivity contribution < 1.29 is 8.83 Å². The minimum Gasteiger partial charge on any atom is -0.436 e. The Hall–Kier alpha value is -7.18. The molecule has 6 heteroatoms. The molecule has 2 aliphatic rings. The van der Waals surface area contributed by atoms with Crippen LogP contribution < -0.4 is 9.80 Å². The first-order valence-corrected chi connectivity index (χ1v) is 19.2. The minimum absolute atomic E-state index is 0.616. The van der Waals surface area contributed by atoms with E-state index in [4.69, 9.17) is 18.8 Å². The zero-order valence-electron chi connectivity index (χ0n) is 30.8. The van der Waals surface area contributed by atoms with Crippen molar-refractivity contribution in [1.29, 1.82) is 0 Å². The summed E-state index contributed by atoms with van der Waals surface area (Å²) in [6.07, 6.45) is 15.0. The lowest BCUT2D eigenvalue weighted by molar-refractivity contribution is 0.560. The van der Waals surface area contributed by atoms with Gasteiger partial charge in [-0.1, -0.05) is 72.8 Å². The molecule has 0 saturated heterocycles. The quantitative estimate of drug-likeness (QED) is 0.148. The van der Waals surface area contributed by atoms with E-state index in [0.717, 1.165) is 98.9 Å². The molecule has 0 N–H and O–H groups in total. The molecule has 8 aromatic rings. The fourth-order valence-electron chi connectivity index (χ4n) is 7.55. The molecule has 0 fully saturated rings. The van der Waals surface area contributed by atoms with Gasteiger partial charge in [0.15, 0.2) is 11.3 Å². The number of nitrogens with zero attached hydrogens (tertiary/aromatic N) is 4. The topological polar surface area (TPSA) is 58.5 Å². The van der Waals surface area contributed by atoms with Crippen molar-refractivity contribution in [3.8, 4) is 34.0 Å². The summed E-state index contributed by atoms with van der Waals surface area (Å²) in [4.78, 5) is 14.1. The fraction of sp³-hybridized carbons (Fsp3) is 0.0800. The van der Waals surface area contributed by atoms with Crippen LogP contribution in [0.25, 0.3) is 51.2 Å². The first kappa shape index (κ1) is 33.4. The van der Waals surface area contributed by atoms with Gasteiger partial charge in [0.05, 0.1) is 5.69 Å². The van der Waals surface area contributed by atoms with E-state index >= 15 is 0 Å². The number of anilines is 5. The molecule has 0 aliphatic heterocycles. The third-order valence-corrected chi connectivity index (χ3v) is 10.4. The second-order valence-corrected chi connectivity index (χ2v) is 14.1. The van der Waals surface area contributed by atoms with Crippen LogP contribution in [-0.4, -0.2) is 9.97 Å². The summed E-state index contributed by atoms with van der Waals surface area (Å²) < 4.78 is 12.1. The van der Waals surface area contributed by atoms with Gasteiger partial charge in [-0.15, -0.1) is 0 Å². The minimum atomic E-state index is 0.616. The normalized spacial score (nSPS) is 13.4. The average Bonchev–Trinajstić information content (AvgIpc) is 3.91. The van der Waals surface area contributed by atoms with Crippen molar-refractivity contribution in [2.24, 2.45) is 0 Å². The van der Waals surface area contributed by atoms with E-state index in [1.165, 1.54) is 5.70 Å². The van der Waals surface area contributed by atoms with Crippen LogP contribution in [0.1, 0.15) is 30.7 Å². The maximum atomic E-state index is 6.10. The van der Waals surface area contributed by atoms with Crippen LogP contribution in [-0.2, 0) is 6.42 Å². The van der Waals surface area contributed by atoms with E-state index in [1.807, 2.05) is 36.4 Å². The molecule has 0 saturated carbocycles. The predicted octanol–water partition coefficient (Wildman–Crippen LogP) is 13.6. The Morgan fingerprint density at radius 2 is 0.964 bits per heavy atom. The number of rotatable bonds is 9. The molecule has 2 heterocycles. The third-order valence-electron chi connectivity index (χ3n) is 10.4. The first-order chi connectivity index (χ1) is 27.7. The maximum Gasteiger partial charge on any atom is 0.227 e. The second kappa shape index (κ2) is 14.6. The van der Waals surface area contributed by atoms with Gasteiger partial charge in [-0.2, -0.15) is 0 Å². The second-order valence-electron chi connectivity index (χ2n) is 14.1. The van der Waals surface area contributed by atoms with Crippen LogP contribution in [0, 0.1) is 0 Å². The smallest absolute Gasteiger partial charge is 0.227 e. The molecule has 2 aromatic heterocycles. The van der Waals surface area contributed by atoms with E-state index in [9.17, 15) is 0 Å². The lowest BCUT2D eigenvalue weighted by atomic mass is 10.0. The molecular formula is C50H38N4O2. The molecule has 0 atom stereocenters. The van der Waals surface area contributed by atoms with Gasteiger partial charge in [0.1, 0.15) is 5.52 Å². The van der Waals surface area contributed by atoms with Gasteiger partial charge in [-0.3, -0.25) is 0 Å². The number of allylic oxidation sites excluding steroid dienone is 4. The summed E-state index contributed by atoms with van der Waals surface area (Å²) in [6, 6.07) is 52.9. The molecule has 0 amide bonds. The van der Waals surface area contributed by atoms with Gasteiger partial charge in [-0.25, -0.2) is 9.97 Å². The van der Waals surface area contributed by atoms with Crippen LogP contribution in [0.5, 0.6) is 0 Å². The summed E-state index contributed by atoms with van der Waals surface area (Å²) in [6.45, 7) is 0. The van der Waals surface area contributed by atoms with Gasteiger partial charge in [0, 0.05) is 45.3 Å². The Labute approximate surface area is 326 Å². The molecule has 6 nitrogen and oxygen atoms in total. The summed E-state index contributed by atoms with van der Waals surface area (Å²) in [5.41, 5.74) is 13.4. The molecule has 0 radical (unpaired) electrons. The van der Waals surface area contributed by atoms with E-state index in [0.29, 0.717) is 11.8 Å². The number of hydrogen-bond acceptors (Lipinski definition) is 6. The molecular weight excluding hydrogens is 689 g/mol. The van der Waals surface area contributed by atoms with E-state index < -0.39 is 0 Å². The van der Waals surface area contributed by atoms with Gasteiger partial charge in [0.2, 0.25) is 11.8 Å². The number of oxazole rings is 2. The van der Waals surface area contributed by atoms with Crippen LogP contribution in [0.2, 0.25) is 0 Å². The van der Waals surface area contributed by atoms with Gasteiger partial charge >= 0.3 is 0 Å². The lowest BCUT2D eigenvalue weighted by Crippen LogP contribution is -2.16. The molecule has 0 bridgehead atoms. The van der Waals surface area contributed by atoms with Crippen LogP contribution in [0.4, 0.5) is 28.4 Å². The van der Waals surface area contributed by atoms with E-state index in [-0.39, 0.29) is 0 Å². The zero-order chi connectivity index (χ0) is 37.3. The van der Waals surface area contributed by atoms with E-state index in [2.05, 4.69) is 155 Å². The molecule has 0 unspecified atom stereocenters. The largest absolute Gasteiger partial charge is 0.436 e. The standard InChI is InChI=1S/C50H38N4O2/c1-3-11-39(12-4-1)53(43-31-23-37(24-32-43)49-51-45-15-7-9-17-47(45)55-49)41-27-19-35(20-28-41)36-21-29-42(30-22-36)54(40-13-5-2-6-14-40)44-33-25-38(26-34-44)50-52-46-16-8-10-18-48(46)56-50/h1,3-5,7,9-15,17-34H,2,6,8,16H2. The summed E-state index contributed by atoms with van der Waals surface area (Å²) in [5.74, 6) is 2.17. The fourth-order valence-corrected chi connectivity index (χ4v) is 7.55. The molecule has 2 aliphatic carbocycles. The number of aromatic nitrogens is 2. The summed E-state index contributed by atoms with van der Waals surface area (Å²) in [7, 11) is 0. The highest BCUT2D eigenvalue weighted by atomic mass is 16.4. The maximum absolute atomic E-state index is 6.10. The molecule has 10 rings (SSSR count). The van der Waals surface area contributed by atoms with Crippen molar-refractivity contribution in [2.45, 2.75) is 25.7 Å². The van der Waals surface area contributed by atoms with Crippen molar-refractivity contribution >= 4 is 45.6 Å². The van der Waals surface area contributed by atoms with Crippen molar-refractivity contribution in [1.82, 2.24) is 9.97 Å². The Morgan fingerprint density at radius 1 is 0.429 bits per heavy atom. The SMILES string of the molecule is C1=CC(N(c2ccc(-c3ccc(N(c4ccccc4)c4ccc(-c5nc6ccccc6o5)cc4)cc3)cc2)c2ccc(-c3nc4c(o3)C=CCC4)cc2)=CCC1. The summed E-state index contributed by atoms with van der Waals surface area (Å²) in [5, 5.41) is 0. The number of benzene rings is 6. The highest BCUT2D eigenvalue weighted by Crippen LogP contribution is 2.39. The Kier molecular flexibility index (Phi) is 8.69. The number of hydrogen-bond donors (Lipinski definition) is 0.